The molecular formula is C19H23ClFN3O2S. The zero-order valence-corrected chi connectivity index (χ0v) is 16.6. The Hall–Kier alpha value is -1.51. The molecule has 2 atom stereocenters. The molecule has 1 aliphatic heterocycles. The smallest absolute Gasteiger partial charge is 0.242 e. The van der Waals surface area contributed by atoms with Gasteiger partial charge in [-0.05, 0) is 55.2 Å². The first-order chi connectivity index (χ1) is 12.9. The fourth-order valence-corrected chi connectivity index (χ4v) is 4.72. The largest absolute Gasteiger partial charge is 0.254 e. The highest BCUT2D eigenvalue weighted by Gasteiger charge is 2.26. The molecule has 2 unspecified atom stereocenters. The molecule has 0 aromatic heterocycles. The Bertz CT molecular complexity index is 877. The zero-order valence-electron chi connectivity index (χ0n) is 15.0. The van der Waals surface area contributed by atoms with Gasteiger partial charge in [0.25, 0.3) is 0 Å². The van der Waals surface area contributed by atoms with Crippen molar-refractivity contribution < 1.29 is 12.8 Å². The molecular weight excluding hydrogens is 389 g/mol. The van der Waals surface area contributed by atoms with E-state index in [4.69, 9.17) is 11.6 Å². The molecule has 0 spiro atoms. The Morgan fingerprint density at radius 3 is 2.63 bits per heavy atom. The monoisotopic (exact) mass is 411 g/mol. The molecule has 1 fully saturated rings. The molecule has 0 radical (unpaired) electrons. The summed E-state index contributed by atoms with van der Waals surface area (Å²) in [6, 6.07) is 13.1. The molecule has 146 valence electrons. The van der Waals surface area contributed by atoms with Gasteiger partial charge in [0.2, 0.25) is 10.0 Å². The summed E-state index contributed by atoms with van der Waals surface area (Å²) in [5, 5.41) is 0.401. The lowest BCUT2D eigenvalue weighted by molar-refractivity contribution is 0.428. The standard InChI is InChI=1S/C19H23ClFN3O2S/c1-24(27(25,26)18-6-2-4-15(20)12-18)11-3-5-17-13-19(23-22-17)14-7-9-16(21)10-8-14/h2,4,6-10,12,17,19,22-23H,3,5,11,13H2,1H3. The highest BCUT2D eigenvalue weighted by Crippen LogP contribution is 2.25. The number of hydrogen-bond acceptors (Lipinski definition) is 4. The SMILES string of the molecule is CN(CCCC1CC(c2ccc(F)cc2)NN1)S(=O)(=O)c1cccc(Cl)c1. The molecule has 5 nitrogen and oxygen atoms in total. The summed E-state index contributed by atoms with van der Waals surface area (Å²) in [7, 11) is -1.96. The van der Waals surface area contributed by atoms with Crippen molar-refractivity contribution in [1.29, 1.82) is 0 Å². The van der Waals surface area contributed by atoms with Gasteiger partial charge in [0.1, 0.15) is 5.82 Å². The van der Waals surface area contributed by atoms with Gasteiger partial charge >= 0.3 is 0 Å². The van der Waals surface area contributed by atoms with E-state index in [1.165, 1.54) is 22.5 Å². The molecule has 2 aromatic carbocycles. The van der Waals surface area contributed by atoms with Crippen LogP contribution in [0.25, 0.3) is 0 Å². The van der Waals surface area contributed by atoms with E-state index in [-0.39, 0.29) is 22.8 Å². The van der Waals surface area contributed by atoms with Crippen LogP contribution in [0.5, 0.6) is 0 Å². The Morgan fingerprint density at radius 2 is 1.93 bits per heavy atom. The van der Waals surface area contributed by atoms with Crippen LogP contribution in [0, 0.1) is 5.82 Å². The minimum atomic E-state index is -3.54. The third-order valence-electron chi connectivity index (χ3n) is 4.78. The predicted octanol–water partition coefficient (Wildman–Crippen LogP) is 3.49. The molecule has 8 heteroatoms. The van der Waals surface area contributed by atoms with Crippen LogP contribution < -0.4 is 10.9 Å². The Morgan fingerprint density at radius 1 is 1.19 bits per heavy atom. The van der Waals surface area contributed by atoms with E-state index in [2.05, 4.69) is 10.9 Å². The molecule has 0 aliphatic carbocycles. The van der Waals surface area contributed by atoms with Crippen LogP contribution in [-0.4, -0.2) is 32.4 Å². The molecule has 3 rings (SSSR count). The van der Waals surface area contributed by atoms with Crippen LogP contribution >= 0.6 is 11.6 Å². The third kappa shape index (κ3) is 5.06. The van der Waals surface area contributed by atoms with Crippen LogP contribution in [0.4, 0.5) is 4.39 Å². The second-order valence-electron chi connectivity index (χ2n) is 6.75. The molecule has 0 bridgehead atoms. The lowest BCUT2D eigenvalue weighted by Gasteiger charge is -2.18. The van der Waals surface area contributed by atoms with Crippen molar-refractivity contribution in [3.8, 4) is 0 Å². The highest BCUT2D eigenvalue weighted by molar-refractivity contribution is 7.89. The van der Waals surface area contributed by atoms with Crippen molar-refractivity contribution in [3.63, 3.8) is 0 Å². The van der Waals surface area contributed by atoms with Gasteiger partial charge in [-0.1, -0.05) is 29.8 Å². The van der Waals surface area contributed by atoms with Crippen molar-refractivity contribution in [2.75, 3.05) is 13.6 Å². The first-order valence-electron chi connectivity index (χ1n) is 8.84. The summed E-state index contributed by atoms with van der Waals surface area (Å²) in [5.74, 6) is -0.245. The number of rotatable bonds is 7. The Kier molecular flexibility index (Phi) is 6.49. The number of nitrogens with one attached hydrogen (secondary N) is 2. The molecule has 27 heavy (non-hydrogen) atoms. The van der Waals surface area contributed by atoms with Crippen molar-refractivity contribution >= 4 is 21.6 Å². The quantitative estimate of drug-likeness (QED) is 0.732. The zero-order chi connectivity index (χ0) is 19.4. The van der Waals surface area contributed by atoms with Gasteiger partial charge in [-0.3, -0.25) is 10.9 Å². The molecule has 0 saturated carbocycles. The average molecular weight is 412 g/mol. The summed E-state index contributed by atoms with van der Waals surface area (Å²) in [6.07, 6.45) is 2.43. The molecule has 2 N–H and O–H groups in total. The van der Waals surface area contributed by atoms with Crippen LogP contribution in [0.3, 0.4) is 0 Å². The Balaban J connectivity index is 1.49. The van der Waals surface area contributed by atoms with E-state index in [1.807, 2.05) is 0 Å². The minimum Gasteiger partial charge on any atom is -0.254 e. The number of sulfonamides is 1. The van der Waals surface area contributed by atoms with Crippen molar-refractivity contribution in [1.82, 2.24) is 15.2 Å². The summed E-state index contributed by atoms with van der Waals surface area (Å²) < 4.78 is 39.6. The number of halogens is 2. The van der Waals surface area contributed by atoms with E-state index in [0.29, 0.717) is 11.6 Å². The van der Waals surface area contributed by atoms with Gasteiger partial charge < -0.3 is 0 Å². The number of nitrogens with zero attached hydrogens (tertiary/aromatic N) is 1. The van der Waals surface area contributed by atoms with Crippen LogP contribution in [-0.2, 0) is 10.0 Å². The second kappa shape index (κ2) is 8.67. The summed E-state index contributed by atoms with van der Waals surface area (Å²) >= 11 is 5.90. The maximum atomic E-state index is 13.0. The van der Waals surface area contributed by atoms with E-state index in [0.717, 1.165) is 24.8 Å². The second-order valence-corrected chi connectivity index (χ2v) is 9.23. The van der Waals surface area contributed by atoms with Crippen LogP contribution in [0.1, 0.15) is 30.9 Å². The lowest BCUT2D eigenvalue weighted by atomic mass is 10.00. The molecule has 2 aromatic rings. The van der Waals surface area contributed by atoms with Crippen molar-refractivity contribution in [3.05, 3.63) is 64.9 Å². The van der Waals surface area contributed by atoms with E-state index < -0.39 is 10.0 Å². The maximum Gasteiger partial charge on any atom is 0.242 e. The first kappa shape index (κ1) is 20.2. The summed E-state index contributed by atoms with van der Waals surface area (Å²) in [6.45, 7) is 0.425. The van der Waals surface area contributed by atoms with E-state index in [1.54, 1.807) is 37.4 Å². The van der Waals surface area contributed by atoms with Gasteiger partial charge in [0, 0.05) is 30.7 Å². The fourth-order valence-electron chi connectivity index (χ4n) is 3.21. The predicted molar refractivity (Wildman–Crippen MR) is 104 cm³/mol. The topological polar surface area (TPSA) is 61.4 Å². The number of hydrazine groups is 1. The van der Waals surface area contributed by atoms with Crippen LogP contribution in [0.15, 0.2) is 53.4 Å². The average Bonchev–Trinajstić information content (AvgIpc) is 3.11. The first-order valence-corrected chi connectivity index (χ1v) is 10.7. The normalized spacial score (nSPS) is 20.3. The van der Waals surface area contributed by atoms with E-state index in [9.17, 15) is 12.8 Å². The highest BCUT2D eigenvalue weighted by atomic mass is 35.5. The maximum absolute atomic E-state index is 13.0. The van der Waals surface area contributed by atoms with Crippen LogP contribution in [0.2, 0.25) is 5.02 Å². The van der Waals surface area contributed by atoms with Gasteiger partial charge in [0.15, 0.2) is 0 Å². The minimum absolute atomic E-state index is 0.128. The number of hydrogen-bond donors (Lipinski definition) is 2. The number of benzene rings is 2. The van der Waals surface area contributed by atoms with Gasteiger partial charge in [-0.15, -0.1) is 0 Å². The fraction of sp³-hybridized carbons (Fsp3) is 0.368. The van der Waals surface area contributed by atoms with Crippen molar-refractivity contribution in [2.45, 2.75) is 36.2 Å². The van der Waals surface area contributed by atoms with Gasteiger partial charge in [-0.2, -0.15) is 0 Å². The molecule has 0 amide bonds. The lowest BCUT2D eigenvalue weighted by Crippen LogP contribution is -2.32. The molecule has 1 saturated heterocycles. The van der Waals surface area contributed by atoms with Gasteiger partial charge in [0.05, 0.1) is 4.90 Å². The summed E-state index contributed by atoms with van der Waals surface area (Å²) in [4.78, 5) is 0.203. The molecule has 1 aliphatic rings. The Labute approximate surface area is 164 Å². The van der Waals surface area contributed by atoms with Gasteiger partial charge in [-0.25, -0.2) is 17.1 Å². The third-order valence-corrected chi connectivity index (χ3v) is 6.87. The van der Waals surface area contributed by atoms with E-state index >= 15 is 0 Å². The summed E-state index contributed by atoms with van der Waals surface area (Å²) in [5.41, 5.74) is 7.50. The molecule has 1 heterocycles. The van der Waals surface area contributed by atoms with Crippen molar-refractivity contribution in [2.24, 2.45) is 0 Å².